The molecule has 1 aliphatic heterocycles. The maximum absolute atomic E-state index is 11.3. The fraction of sp³-hybridized carbons (Fsp3) is 0.778. The van der Waals surface area contributed by atoms with Crippen LogP contribution in [0, 0.1) is 0 Å². The summed E-state index contributed by atoms with van der Waals surface area (Å²) in [5.74, 6) is -0.334. The number of carbonyl (C=O) groups excluding carboxylic acids is 2. The lowest BCUT2D eigenvalue weighted by molar-refractivity contribution is -0.122. The number of hydrogen-bond acceptors (Lipinski definition) is 4. The van der Waals surface area contributed by atoms with Crippen molar-refractivity contribution < 1.29 is 9.59 Å². The molecule has 0 aromatic heterocycles. The summed E-state index contributed by atoms with van der Waals surface area (Å²) in [5.41, 5.74) is 4.86. The van der Waals surface area contributed by atoms with E-state index in [0.29, 0.717) is 6.04 Å². The minimum atomic E-state index is -0.790. The van der Waals surface area contributed by atoms with Crippen LogP contribution in [-0.2, 0) is 4.79 Å². The van der Waals surface area contributed by atoms with E-state index in [0.717, 1.165) is 19.6 Å². The standard InChI is InChI=1S/C9H18N4O2/c1-7-5-12(2)3-4-13(7)6-8(14)11-9(10)15/h7H,3-6H2,1-2H3,(H3,10,11,14,15)/t7-/m1/s1. The van der Waals surface area contributed by atoms with E-state index in [-0.39, 0.29) is 12.5 Å². The van der Waals surface area contributed by atoms with Crippen LogP contribution in [0.3, 0.4) is 0 Å². The molecule has 0 bridgehead atoms. The van der Waals surface area contributed by atoms with Crippen molar-refractivity contribution in [2.24, 2.45) is 5.73 Å². The van der Waals surface area contributed by atoms with E-state index in [1.807, 2.05) is 4.90 Å². The van der Waals surface area contributed by atoms with Crippen LogP contribution >= 0.6 is 0 Å². The van der Waals surface area contributed by atoms with E-state index < -0.39 is 6.03 Å². The lowest BCUT2D eigenvalue weighted by Gasteiger charge is -2.37. The summed E-state index contributed by atoms with van der Waals surface area (Å²) in [6, 6.07) is -0.468. The summed E-state index contributed by atoms with van der Waals surface area (Å²) >= 11 is 0. The molecular weight excluding hydrogens is 196 g/mol. The molecule has 1 heterocycles. The average Bonchev–Trinajstić information content (AvgIpc) is 2.08. The molecule has 3 amide bonds. The van der Waals surface area contributed by atoms with Gasteiger partial charge in [0.25, 0.3) is 0 Å². The number of nitrogens with one attached hydrogen (secondary N) is 1. The first-order chi connectivity index (χ1) is 6.99. The third kappa shape index (κ3) is 3.85. The lowest BCUT2D eigenvalue weighted by atomic mass is 10.2. The third-order valence-corrected chi connectivity index (χ3v) is 2.58. The molecule has 1 saturated heterocycles. The normalized spacial score (nSPS) is 23.7. The van der Waals surface area contributed by atoms with Gasteiger partial charge in [0.1, 0.15) is 0 Å². The number of primary amides is 1. The topological polar surface area (TPSA) is 78.7 Å². The van der Waals surface area contributed by atoms with Crippen LogP contribution in [0.5, 0.6) is 0 Å². The second-order valence-electron chi connectivity index (χ2n) is 3.99. The number of nitrogens with two attached hydrogens (primary N) is 1. The largest absolute Gasteiger partial charge is 0.351 e. The molecule has 3 N–H and O–H groups in total. The number of hydrogen-bond donors (Lipinski definition) is 2. The summed E-state index contributed by atoms with van der Waals surface area (Å²) in [6.45, 7) is 5.01. The van der Waals surface area contributed by atoms with Gasteiger partial charge in [0.05, 0.1) is 6.54 Å². The number of likely N-dealkylation sites (N-methyl/N-ethyl adjacent to an activating group) is 1. The van der Waals surface area contributed by atoms with Crippen molar-refractivity contribution in [3.63, 3.8) is 0 Å². The summed E-state index contributed by atoms with van der Waals surface area (Å²) in [7, 11) is 2.05. The Bertz CT molecular complexity index is 256. The van der Waals surface area contributed by atoms with Crippen molar-refractivity contribution in [2.45, 2.75) is 13.0 Å². The zero-order valence-corrected chi connectivity index (χ0v) is 9.19. The second kappa shape index (κ2) is 5.09. The molecule has 1 aliphatic rings. The fourth-order valence-electron chi connectivity index (χ4n) is 1.77. The fourth-order valence-corrected chi connectivity index (χ4v) is 1.77. The van der Waals surface area contributed by atoms with Gasteiger partial charge in [-0.3, -0.25) is 15.0 Å². The molecule has 0 radical (unpaired) electrons. The highest BCUT2D eigenvalue weighted by Crippen LogP contribution is 2.06. The van der Waals surface area contributed by atoms with Crippen LogP contribution in [-0.4, -0.2) is 61.0 Å². The van der Waals surface area contributed by atoms with Gasteiger partial charge >= 0.3 is 6.03 Å². The molecule has 0 spiro atoms. The Hall–Kier alpha value is -1.14. The number of nitrogens with zero attached hydrogens (tertiary/aromatic N) is 2. The van der Waals surface area contributed by atoms with E-state index in [9.17, 15) is 9.59 Å². The summed E-state index contributed by atoms with van der Waals surface area (Å²) in [4.78, 5) is 26.0. The van der Waals surface area contributed by atoms with Gasteiger partial charge in [-0.15, -0.1) is 0 Å². The lowest BCUT2D eigenvalue weighted by Crippen LogP contribution is -2.53. The Morgan fingerprint density at radius 2 is 2.13 bits per heavy atom. The van der Waals surface area contributed by atoms with Gasteiger partial charge in [0.15, 0.2) is 0 Å². The van der Waals surface area contributed by atoms with Gasteiger partial charge in [-0.05, 0) is 14.0 Å². The van der Waals surface area contributed by atoms with Crippen molar-refractivity contribution in [1.29, 1.82) is 0 Å². The van der Waals surface area contributed by atoms with E-state index >= 15 is 0 Å². The number of urea groups is 1. The van der Waals surface area contributed by atoms with Crippen molar-refractivity contribution in [3.8, 4) is 0 Å². The quantitative estimate of drug-likeness (QED) is 0.606. The summed E-state index contributed by atoms with van der Waals surface area (Å²) in [6.07, 6.45) is 0. The number of carbonyl (C=O) groups is 2. The smallest absolute Gasteiger partial charge is 0.318 e. The van der Waals surface area contributed by atoms with Gasteiger partial charge < -0.3 is 10.6 Å². The van der Waals surface area contributed by atoms with Crippen LogP contribution < -0.4 is 11.1 Å². The minimum Gasteiger partial charge on any atom is -0.351 e. The molecule has 1 atom stereocenters. The Morgan fingerprint density at radius 3 is 2.67 bits per heavy atom. The highest BCUT2D eigenvalue weighted by atomic mass is 16.2. The number of amides is 3. The Labute approximate surface area is 89.4 Å². The predicted octanol–water partition coefficient (Wildman–Crippen LogP) is -1.18. The highest BCUT2D eigenvalue weighted by Gasteiger charge is 2.23. The first-order valence-electron chi connectivity index (χ1n) is 5.01. The molecular formula is C9H18N4O2. The summed E-state index contributed by atoms with van der Waals surface area (Å²) < 4.78 is 0. The van der Waals surface area contributed by atoms with Crippen molar-refractivity contribution >= 4 is 11.9 Å². The van der Waals surface area contributed by atoms with E-state index in [4.69, 9.17) is 5.73 Å². The molecule has 86 valence electrons. The number of piperazine rings is 1. The van der Waals surface area contributed by atoms with Crippen LogP contribution in [0.2, 0.25) is 0 Å². The number of rotatable bonds is 2. The maximum atomic E-state index is 11.3. The molecule has 15 heavy (non-hydrogen) atoms. The van der Waals surface area contributed by atoms with Gasteiger partial charge in [-0.2, -0.15) is 0 Å². The molecule has 6 heteroatoms. The monoisotopic (exact) mass is 214 g/mol. The van der Waals surface area contributed by atoms with Crippen LogP contribution in [0.25, 0.3) is 0 Å². The first kappa shape index (κ1) is 11.9. The van der Waals surface area contributed by atoms with Gasteiger partial charge in [-0.25, -0.2) is 4.79 Å². The molecule has 0 aliphatic carbocycles. The Morgan fingerprint density at radius 1 is 1.47 bits per heavy atom. The molecule has 0 aromatic rings. The van der Waals surface area contributed by atoms with Crippen LogP contribution in [0.15, 0.2) is 0 Å². The minimum absolute atomic E-state index is 0.234. The zero-order chi connectivity index (χ0) is 11.4. The molecule has 0 saturated carbocycles. The van der Waals surface area contributed by atoms with Gasteiger partial charge in [-0.1, -0.05) is 0 Å². The predicted molar refractivity (Wildman–Crippen MR) is 56.3 cm³/mol. The Kier molecular flexibility index (Phi) is 4.05. The van der Waals surface area contributed by atoms with Crippen molar-refractivity contribution in [2.75, 3.05) is 33.2 Å². The number of imide groups is 1. The molecule has 6 nitrogen and oxygen atoms in total. The molecule has 0 unspecified atom stereocenters. The molecule has 1 rings (SSSR count). The highest BCUT2D eigenvalue weighted by molar-refractivity contribution is 5.94. The van der Waals surface area contributed by atoms with Crippen LogP contribution in [0.4, 0.5) is 4.79 Å². The van der Waals surface area contributed by atoms with E-state index in [2.05, 4.69) is 24.2 Å². The zero-order valence-electron chi connectivity index (χ0n) is 9.19. The van der Waals surface area contributed by atoms with Gasteiger partial charge in [0, 0.05) is 25.7 Å². The second-order valence-corrected chi connectivity index (χ2v) is 3.99. The average molecular weight is 214 g/mol. The van der Waals surface area contributed by atoms with Gasteiger partial charge in [0.2, 0.25) is 5.91 Å². The summed E-state index contributed by atoms with van der Waals surface area (Å²) in [5, 5.41) is 2.07. The van der Waals surface area contributed by atoms with E-state index in [1.54, 1.807) is 0 Å². The Balaban J connectivity index is 2.38. The maximum Gasteiger partial charge on any atom is 0.318 e. The van der Waals surface area contributed by atoms with Crippen molar-refractivity contribution in [1.82, 2.24) is 15.1 Å². The third-order valence-electron chi connectivity index (χ3n) is 2.58. The van der Waals surface area contributed by atoms with Crippen LogP contribution in [0.1, 0.15) is 6.92 Å². The molecule has 1 fully saturated rings. The first-order valence-corrected chi connectivity index (χ1v) is 5.01. The molecule has 0 aromatic carbocycles. The van der Waals surface area contributed by atoms with E-state index in [1.165, 1.54) is 0 Å². The SMILES string of the molecule is C[C@@H]1CN(C)CCN1CC(=O)NC(N)=O. The van der Waals surface area contributed by atoms with Crippen molar-refractivity contribution in [3.05, 3.63) is 0 Å².